The van der Waals surface area contributed by atoms with Gasteiger partial charge in [-0.1, -0.05) is 36.4 Å². The average Bonchev–Trinajstić information content (AvgIpc) is 3.33. The van der Waals surface area contributed by atoms with Gasteiger partial charge in [-0.2, -0.15) is 5.10 Å². The molecule has 5 aromatic rings. The third-order valence-electron chi connectivity index (χ3n) is 4.67. The highest BCUT2D eigenvalue weighted by atomic mass is 32.1. The van der Waals surface area contributed by atoms with E-state index in [9.17, 15) is 0 Å². The van der Waals surface area contributed by atoms with Gasteiger partial charge in [0.2, 0.25) is 0 Å². The SMILES string of the molecule is Cc1nc(-c2ccccc2)c(-c2ncnc3cc(-c4cnn(C)c4)ccc23)s1. The molecule has 0 N–H and O–H groups in total. The van der Waals surface area contributed by atoms with Crippen molar-refractivity contribution in [3.8, 4) is 33.0 Å². The van der Waals surface area contributed by atoms with Crippen molar-refractivity contribution in [3.05, 3.63) is 72.3 Å². The highest BCUT2D eigenvalue weighted by Crippen LogP contribution is 2.38. The molecule has 0 unspecified atom stereocenters. The minimum Gasteiger partial charge on any atom is -0.275 e. The van der Waals surface area contributed by atoms with Gasteiger partial charge in [0, 0.05) is 29.8 Å². The summed E-state index contributed by atoms with van der Waals surface area (Å²) in [4.78, 5) is 15.0. The van der Waals surface area contributed by atoms with Crippen LogP contribution in [0.25, 0.3) is 43.9 Å². The molecule has 0 aliphatic heterocycles. The molecule has 3 aromatic heterocycles. The van der Waals surface area contributed by atoms with Crippen LogP contribution in [0.5, 0.6) is 0 Å². The van der Waals surface area contributed by atoms with Crippen LogP contribution in [-0.2, 0) is 7.05 Å². The van der Waals surface area contributed by atoms with Gasteiger partial charge in [-0.05, 0) is 24.6 Å². The highest BCUT2D eigenvalue weighted by molar-refractivity contribution is 7.15. The van der Waals surface area contributed by atoms with Crippen LogP contribution in [0, 0.1) is 6.92 Å². The molecule has 6 heteroatoms. The second-order valence-corrected chi connectivity index (χ2v) is 7.84. The van der Waals surface area contributed by atoms with E-state index in [1.54, 1.807) is 22.3 Å². The number of rotatable bonds is 3. The summed E-state index contributed by atoms with van der Waals surface area (Å²) in [6.45, 7) is 2.03. The molecule has 0 fully saturated rings. The zero-order valence-electron chi connectivity index (χ0n) is 15.5. The fourth-order valence-corrected chi connectivity index (χ4v) is 4.32. The Hall–Kier alpha value is -3.38. The van der Waals surface area contributed by atoms with Gasteiger partial charge in [0.05, 0.1) is 33.0 Å². The van der Waals surface area contributed by atoms with Gasteiger partial charge in [0.15, 0.2) is 0 Å². The lowest BCUT2D eigenvalue weighted by Gasteiger charge is -2.07. The summed E-state index contributed by atoms with van der Waals surface area (Å²) >= 11 is 1.67. The fourth-order valence-electron chi connectivity index (χ4n) is 3.37. The maximum absolute atomic E-state index is 4.78. The fraction of sp³-hybridized carbons (Fsp3) is 0.0909. The van der Waals surface area contributed by atoms with E-state index in [2.05, 4.69) is 45.4 Å². The van der Waals surface area contributed by atoms with E-state index in [0.717, 1.165) is 48.9 Å². The van der Waals surface area contributed by atoms with Gasteiger partial charge in [0.1, 0.15) is 6.33 Å². The van der Waals surface area contributed by atoms with E-state index in [0.29, 0.717) is 0 Å². The van der Waals surface area contributed by atoms with Crippen LogP contribution in [-0.4, -0.2) is 24.7 Å². The smallest absolute Gasteiger partial charge is 0.116 e. The summed E-state index contributed by atoms with van der Waals surface area (Å²) in [5, 5.41) is 6.31. The molecular weight excluding hydrogens is 366 g/mol. The van der Waals surface area contributed by atoms with Crippen molar-refractivity contribution < 1.29 is 0 Å². The van der Waals surface area contributed by atoms with E-state index in [1.807, 2.05) is 44.6 Å². The predicted molar refractivity (Wildman–Crippen MR) is 113 cm³/mol. The van der Waals surface area contributed by atoms with Crippen LogP contribution < -0.4 is 0 Å². The lowest BCUT2D eigenvalue weighted by Crippen LogP contribution is -1.90. The van der Waals surface area contributed by atoms with Crippen LogP contribution in [0.3, 0.4) is 0 Å². The van der Waals surface area contributed by atoms with Crippen LogP contribution in [0.2, 0.25) is 0 Å². The summed E-state index contributed by atoms with van der Waals surface area (Å²) in [5.74, 6) is 0. The average molecular weight is 383 g/mol. The lowest BCUT2D eigenvalue weighted by atomic mass is 10.0. The van der Waals surface area contributed by atoms with Crippen LogP contribution in [0.15, 0.2) is 67.3 Å². The van der Waals surface area contributed by atoms with E-state index in [1.165, 1.54) is 0 Å². The molecule has 0 radical (unpaired) electrons. The van der Waals surface area contributed by atoms with Gasteiger partial charge >= 0.3 is 0 Å². The topological polar surface area (TPSA) is 56.5 Å². The Morgan fingerprint density at radius 3 is 2.54 bits per heavy atom. The van der Waals surface area contributed by atoms with Gasteiger partial charge < -0.3 is 0 Å². The van der Waals surface area contributed by atoms with E-state index in [4.69, 9.17) is 4.98 Å². The lowest BCUT2D eigenvalue weighted by molar-refractivity contribution is 0.768. The van der Waals surface area contributed by atoms with Crippen molar-refractivity contribution in [1.29, 1.82) is 0 Å². The molecule has 0 aliphatic carbocycles. The predicted octanol–water partition coefficient (Wildman–Crippen LogP) is 5.13. The van der Waals surface area contributed by atoms with Gasteiger partial charge in [-0.25, -0.2) is 15.0 Å². The molecular formula is C22H17N5S. The molecule has 0 saturated heterocycles. The third kappa shape index (κ3) is 2.88. The summed E-state index contributed by atoms with van der Waals surface area (Å²) < 4.78 is 1.80. The molecule has 0 bridgehead atoms. The van der Waals surface area contributed by atoms with Gasteiger partial charge in [0.25, 0.3) is 0 Å². The maximum atomic E-state index is 4.78. The number of hydrogen-bond donors (Lipinski definition) is 0. The highest BCUT2D eigenvalue weighted by Gasteiger charge is 2.17. The number of hydrogen-bond acceptors (Lipinski definition) is 5. The first-order chi connectivity index (χ1) is 13.7. The number of thiazole rings is 1. The second kappa shape index (κ2) is 6.65. The Kier molecular flexibility index (Phi) is 3.98. The van der Waals surface area contributed by atoms with Crippen molar-refractivity contribution in [2.45, 2.75) is 6.92 Å². The molecule has 2 aromatic carbocycles. The standard InChI is InChI=1S/C22H17N5S/c1-14-26-20(15-6-4-3-5-7-15)22(28-14)21-18-9-8-16(10-19(18)23-13-24-21)17-11-25-27(2)12-17/h3-13H,1-2H3. The van der Waals surface area contributed by atoms with Crippen molar-refractivity contribution in [3.63, 3.8) is 0 Å². The van der Waals surface area contributed by atoms with E-state index >= 15 is 0 Å². The molecule has 0 spiro atoms. The number of aromatic nitrogens is 5. The van der Waals surface area contributed by atoms with Gasteiger partial charge in [-0.15, -0.1) is 11.3 Å². The summed E-state index contributed by atoms with van der Waals surface area (Å²) in [6, 6.07) is 16.5. The van der Waals surface area contributed by atoms with E-state index in [-0.39, 0.29) is 0 Å². The Labute approximate surface area is 166 Å². The minimum absolute atomic E-state index is 0.913. The van der Waals surface area contributed by atoms with Crippen LogP contribution >= 0.6 is 11.3 Å². The minimum atomic E-state index is 0.913. The maximum Gasteiger partial charge on any atom is 0.116 e. The molecule has 0 amide bonds. The summed E-state index contributed by atoms with van der Waals surface area (Å²) in [5.41, 5.74) is 6.07. The Morgan fingerprint density at radius 1 is 0.893 bits per heavy atom. The number of benzene rings is 2. The monoisotopic (exact) mass is 383 g/mol. The van der Waals surface area contributed by atoms with Crippen molar-refractivity contribution in [2.24, 2.45) is 7.05 Å². The summed E-state index contributed by atoms with van der Waals surface area (Å²) in [6.07, 6.45) is 5.50. The van der Waals surface area contributed by atoms with Crippen LogP contribution in [0.4, 0.5) is 0 Å². The summed E-state index contributed by atoms with van der Waals surface area (Å²) in [7, 11) is 1.92. The molecule has 0 atom stereocenters. The van der Waals surface area contributed by atoms with Crippen molar-refractivity contribution >= 4 is 22.2 Å². The third-order valence-corrected chi connectivity index (χ3v) is 5.65. The van der Waals surface area contributed by atoms with Crippen LogP contribution in [0.1, 0.15) is 5.01 Å². The molecule has 28 heavy (non-hydrogen) atoms. The zero-order valence-corrected chi connectivity index (χ0v) is 16.3. The quantitative estimate of drug-likeness (QED) is 0.433. The number of nitrogens with zero attached hydrogens (tertiary/aromatic N) is 5. The normalized spacial score (nSPS) is 11.2. The molecule has 5 rings (SSSR count). The Balaban J connectivity index is 1.69. The first-order valence-corrected chi connectivity index (χ1v) is 9.78. The largest absolute Gasteiger partial charge is 0.275 e. The van der Waals surface area contributed by atoms with Gasteiger partial charge in [-0.3, -0.25) is 4.68 Å². The molecule has 0 aliphatic rings. The van der Waals surface area contributed by atoms with E-state index < -0.39 is 0 Å². The molecule has 136 valence electrons. The zero-order chi connectivity index (χ0) is 19.1. The second-order valence-electron chi connectivity index (χ2n) is 6.63. The first kappa shape index (κ1) is 16.8. The molecule has 0 saturated carbocycles. The molecule has 3 heterocycles. The van der Waals surface area contributed by atoms with Crippen molar-refractivity contribution in [2.75, 3.05) is 0 Å². The number of fused-ring (bicyclic) bond motifs is 1. The Bertz CT molecular complexity index is 1290. The number of aryl methyl sites for hydroxylation is 2. The molecule has 5 nitrogen and oxygen atoms in total. The Morgan fingerprint density at radius 2 is 1.75 bits per heavy atom. The first-order valence-electron chi connectivity index (χ1n) is 8.96. The van der Waals surface area contributed by atoms with Crippen molar-refractivity contribution in [1.82, 2.24) is 24.7 Å².